The summed E-state index contributed by atoms with van der Waals surface area (Å²) in [6.45, 7) is 10.2. The molecule has 4 nitrogen and oxygen atoms in total. The molecule has 24 heavy (non-hydrogen) atoms. The number of anilines is 1. The van der Waals surface area contributed by atoms with Crippen LogP contribution in [0.3, 0.4) is 0 Å². The van der Waals surface area contributed by atoms with Crippen molar-refractivity contribution in [2.75, 3.05) is 11.9 Å². The number of benzene rings is 1. The quantitative estimate of drug-likeness (QED) is 0.811. The first kappa shape index (κ1) is 18.2. The molecule has 4 heteroatoms. The second-order valence-corrected chi connectivity index (χ2v) is 6.85. The lowest BCUT2D eigenvalue weighted by Gasteiger charge is -2.27. The van der Waals surface area contributed by atoms with E-state index in [1.807, 2.05) is 13.8 Å². The number of rotatable bonds is 5. The monoisotopic (exact) mass is 328 g/mol. The van der Waals surface area contributed by atoms with Gasteiger partial charge in [0.15, 0.2) is 0 Å². The molecule has 0 bridgehead atoms. The molecule has 0 unspecified atom stereocenters. The molecule has 0 aromatic heterocycles. The maximum atomic E-state index is 12.6. The molecule has 0 radical (unpaired) electrons. The lowest BCUT2D eigenvalue weighted by atomic mass is 9.81. The van der Waals surface area contributed by atoms with Crippen LogP contribution in [0.25, 0.3) is 0 Å². The number of hydrogen-bond acceptors (Lipinski definition) is 2. The van der Waals surface area contributed by atoms with Crippen LogP contribution in [0, 0.1) is 32.6 Å². The first-order valence-electron chi connectivity index (χ1n) is 8.69. The van der Waals surface area contributed by atoms with E-state index in [-0.39, 0.29) is 23.7 Å². The minimum Gasteiger partial charge on any atom is -0.352 e. The molecule has 0 saturated heterocycles. The van der Waals surface area contributed by atoms with E-state index in [1.165, 1.54) is 5.56 Å². The van der Waals surface area contributed by atoms with Crippen LogP contribution in [0.1, 0.15) is 42.4 Å². The predicted octanol–water partition coefficient (Wildman–Crippen LogP) is 3.66. The van der Waals surface area contributed by atoms with Crippen molar-refractivity contribution >= 4 is 17.5 Å². The van der Waals surface area contributed by atoms with Crippen LogP contribution in [-0.2, 0) is 9.59 Å². The van der Waals surface area contributed by atoms with Gasteiger partial charge in [-0.2, -0.15) is 0 Å². The highest BCUT2D eigenvalue weighted by Crippen LogP contribution is 2.31. The van der Waals surface area contributed by atoms with E-state index in [2.05, 4.69) is 36.3 Å². The predicted molar refractivity (Wildman–Crippen MR) is 97.9 cm³/mol. The summed E-state index contributed by atoms with van der Waals surface area (Å²) in [7, 11) is 0. The van der Waals surface area contributed by atoms with E-state index in [9.17, 15) is 9.59 Å². The maximum absolute atomic E-state index is 12.6. The van der Waals surface area contributed by atoms with Crippen molar-refractivity contribution in [1.82, 2.24) is 5.32 Å². The van der Waals surface area contributed by atoms with Crippen LogP contribution in [0.15, 0.2) is 24.8 Å². The number of aryl methyl sites for hydroxylation is 3. The summed E-state index contributed by atoms with van der Waals surface area (Å²) in [5.74, 6) is 0.180. The second kappa shape index (κ2) is 8.13. The van der Waals surface area contributed by atoms with E-state index in [0.29, 0.717) is 6.54 Å². The smallest absolute Gasteiger partial charge is 0.227 e. The molecule has 2 amide bonds. The highest BCUT2D eigenvalue weighted by molar-refractivity contribution is 5.94. The summed E-state index contributed by atoms with van der Waals surface area (Å²) < 4.78 is 0. The normalized spacial score (nSPS) is 20.3. The van der Waals surface area contributed by atoms with E-state index in [1.54, 1.807) is 6.08 Å². The molecule has 1 aliphatic carbocycles. The van der Waals surface area contributed by atoms with Crippen LogP contribution >= 0.6 is 0 Å². The third-order valence-corrected chi connectivity index (χ3v) is 4.81. The molecular formula is C20H28N2O2. The summed E-state index contributed by atoms with van der Waals surface area (Å²) >= 11 is 0. The van der Waals surface area contributed by atoms with Gasteiger partial charge >= 0.3 is 0 Å². The number of amides is 2. The molecule has 2 rings (SSSR count). The maximum Gasteiger partial charge on any atom is 0.227 e. The van der Waals surface area contributed by atoms with Gasteiger partial charge in [0.2, 0.25) is 11.8 Å². The zero-order chi connectivity index (χ0) is 17.7. The lowest BCUT2D eigenvalue weighted by molar-refractivity contribution is -0.128. The molecule has 2 N–H and O–H groups in total. The SMILES string of the molecule is C=CCNC(=O)C1CCC(C(=O)Nc2c(C)cc(C)cc2C)CC1. The number of carbonyl (C=O) groups excluding carboxylic acids is 2. The third kappa shape index (κ3) is 4.47. The summed E-state index contributed by atoms with van der Waals surface area (Å²) in [6.07, 6.45) is 4.76. The molecule has 1 aromatic rings. The van der Waals surface area contributed by atoms with Gasteiger partial charge in [0.25, 0.3) is 0 Å². The van der Waals surface area contributed by atoms with Crippen molar-refractivity contribution in [3.63, 3.8) is 0 Å². The largest absolute Gasteiger partial charge is 0.352 e. The minimum atomic E-state index is -0.00597. The van der Waals surface area contributed by atoms with E-state index in [4.69, 9.17) is 0 Å². The third-order valence-electron chi connectivity index (χ3n) is 4.81. The van der Waals surface area contributed by atoms with Crippen molar-refractivity contribution in [3.05, 3.63) is 41.5 Å². The van der Waals surface area contributed by atoms with Crippen LogP contribution in [0.4, 0.5) is 5.69 Å². The minimum absolute atomic E-state index is 0.00597. The molecule has 0 heterocycles. The van der Waals surface area contributed by atoms with Gasteiger partial charge in [-0.25, -0.2) is 0 Å². The Morgan fingerprint density at radius 2 is 1.54 bits per heavy atom. The Bertz CT molecular complexity index is 606. The van der Waals surface area contributed by atoms with Crippen molar-refractivity contribution in [1.29, 1.82) is 0 Å². The number of nitrogens with one attached hydrogen (secondary N) is 2. The van der Waals surface area contributed by atoms with Gasteiger partial charge in [-0.3, -0.25) is 9.59 Å². The van der Waals surface area contributed by atoms with Crippen molar-refractivity contribution in [3.8, 4) is 0 Å². The Hall–Kier alpha value is -2.10. The van der Waals surface area contributed by atoms with Crippen LogP contribution in [-0.4, -0.2) is 18.4 Å². The Morgan fingerprint density at radius 3 is 2.04 bits per heavy atom. The Morgan fingerprint density at radius 1 is 1.04 bits per heavy atom. The Balaban J connectivity index is 1.92. The lowest BCUT2D eigenvalue weighted by Crippen LogP contribution is -2.35. The van der Waals surface area contributed by atoms with Crippen molar-refractivity contribution < 1.29 is 9.59 Å². The zero-order valence-electron chi connectivity index (χ0n) is 14.9. The van der Waals surface area contributed by atoms with Gasteiger partial charge in [0, 0.05) is 24.1 Å². The molecule has 1 aromatic carbocycles. The summed E-state index contributed by atoms with van der Waals surface area (Å²) in [5.41, 5.74) is 4.32. The fraction of sp³-hybridized carbons (Fsp3) is 0.500. The van der Waals surface area contributed by atoms with Crippen LogP contribution in [0.2, 0.25) is 0 Å². The summed E-state index contributed by atoms with van der Waals surface area (Å²) in [5, 5.41) is 5.95. The van der Waals surface area contributed by atoms with Gasteiger partial charge in [-0.15, -0.1) is 6.58 Å². The highest BCUT2D eigenvalue weighted by atomic mass is 16.2. The fourth-order valence-electron chi connectivity index (χ4n) is 3.54. The topological polar surface area (TPSA) is 58.2 Å². The van der Waals surface area contributed by atoms with Gasteiger partial charge < -0.3 is 10.6 Å². The van der Waals surface area contributed by atoms with Gasteiger partial charge in [-0.05, 0) is 57.6 Å². The average Bonchev–Trinajstić information content (AvgIpc) is 2.55. The van der Waals surface area contributed by atoms with Gasteiger partial charge in [-0.1, -0.05) is 23.8 Å². The average molecular weight is 328 g/mol. The van der Waals surface area contributed by atoms with E-state index >= 15 is 0 Å². The van der Waals surface area contributed by atoms with Crippen molar-refractivity contribution in [2.45, 2.75) is 46.5 Å². The van der Waals surface area contributed by atoms with E-state index in [0.717, 1.165) is 42.5 Å². The Kier molecular flexibility index (Phi) is 6.18. The molecular weight excluding hydrogens is 300 g/mol. The summed E-state index contributed by atoms with van der Waals surface area (Å²) in [6, 6.07) is 4.17. The molecule has 0 aliphatic heterocycles. The number of carbonyl (C=O) groups is 2. The summed E-state index contributed by atoms with van der Waals surface area (Å²) in [4.78, 5) is 24.6. The first-order chi connectivity index (χ1) is 11.4. The molecule has 0 atom stereocenters. The molecule has 0 spiro atoms. The van der Waals surface area contributed by atoms with Crippen molar-refractivity contribution in [2.24, 2.45) is 11.8 Å². The zero-order valence-corrected chi connectivity index (χ0v) is 14.9. The molecule has 130 valence electrons. The standard InChI is InChI=1S/C20H28N2O2/c1-5-10-21-19(23)16-6-8-17(9-7-16)20(24)22-18-14(3)11-13(2)12-15(18)4/h5,11-12,16-17H,1,6-10H2,2-4H3,(H,21,23)(H,22,24). The number of hydrogen-bond donors (Lipinski definition) is 2. The van der Waals surface area contributed by atoms with Gasteiger partial charge in [0.1, 0.15) is 0 Å². The Labute approximate surface area is 144 Å². The molecule has 1 fully saturated rings. The first-order valence-corrected chi connectivity index (χ1v) is 8.69. The van der Waals surface area contributed by atoms with Crippen LogP contribution < -0.4 is 10.6 Å². The van der Waals surface area contributed by atoms with Crippen LogP contribution in [0.5, 0.6) is 0 Å². The fourth-order valence-corrected chi connectivity index (χ4v) is 3.54. The second-order valence-electron chi connectivity index (χ2n) is 6.85. The highest BCUT2D eigenvalue weighted by Gasteiger charge is 2.30. The molecule has 1 aliphatic rings. The van der Waals surface area contributed by atoms with E-state index < -0.39 is 0 Å². The molecule has 1 saturated carbocycles. The van der Waals surface area contributed by atoms with Gasteiger partial charge in [0.05, 0.1) is 0 Å².